The van der Waals surface area contributed by atoms with Crippen LogP contribution in [0.15, 0.2) is 35.1 Å². The van der Waals surface area contributed by atoms with Gasteiger partial charge in [0.2, 0.25) is 0 Å². The predicted octanol–water partition coefficient (Wildman–Crippen LogP) is 2.53. The number of aromatic nitrogens is 2. The molecule has 1 N–H and O–H groups in total. The molecule has 0 amide bonds. The number of H-pyrrole nitrogens is 1. The molecule has 4 heteroatoms. The normalized spacial score (nSPS) is 10.5. The summed E-state index contributed by atoms with van der Waals surface area (Å²) in [6, 6.07) is 10.0. The minimum Gasteiger partial charge on any atom is -0.309 e. The molecule has 0 saturated carbocycles. The third kappa shape index (κ3) is 2.94. The molecule has 0 spiro atoms. The fraction of sp³-hybridized carbons (Fsp3) is 0.231. The molecule has 3 nitrogen and oxygen atoms in total. The summed E-state index contributed by atoms with van der Waals surface area (Å²) >= 11 is 2.05. The average molecular weight is 340 g/mol. The first kappa shape index (κ1) is 12.3. The minimum absolute atomic E-state index is 0.0385. The van der Waals surface area contributed by atoms with E-state index in [1.54, 1.807) is 0 Å². The number of rotatable bonds is 3. The highest BCUT2D eigenvalue weighted by Crippen LogP contribution is 2.08. The molecule has 2 rings (SSSR count). The van der Waals surface area contributed by atoms with Crippen LogP contribution in [0.5, 0.6) is 0 Å². The average Bonchev–Trinajstić information content (AvgIpc) is 2.35. The predicted molar refractivity (Wildman–Crippen MR) is 76.2 cm³/mol. The van der Waals surface area contributed by atoms with Crippen molar-refractivity contribution in [3.63, 3.8) is 0 Å². The lowest BCUT2D eigenvalue weighted by molar-refractivity contribution is 0.875. The number of nitrogens with zero attached hydrogens (tertiary/aromatic N) is 1. The van der Waals surface area contributed by atoms with Crippen molar-refractivity contribution >= 4 is 22.6 Å². The number of halogens is 1. The highest BCUT2D eigenvalue weighted by atomic mass is 127. The van der Waals surface area contributed by atoms with Gasteiger partial charge < -0.3 is 4.98 Å². The summed E-state index contributed by atoms with van der Waals surface area (Å²) in [6.45, 7) is 2.01. The van der Waals surface area contributed by atoms with Gasteiger partial charge in [-0.3, -0.25) is 4.79 Å². The van der Waals surface area contributed by atoms with Crippen LogP contribution in [0, 0.1) is 3.57 Å². The molecule has 0 saturated heterocycles. The van der Waals surface area contributed by atoms with Crippen LogP contribution in [0.1, 0.15) is 24.0 Å². The van der Waals surface area contributed by atoms with Crippen LogP contribution in [0.25, 0.3) is 0 Å². The lowest BCUT2D eigenvalue weighted by Gasteiger charge is -2.05. The van der Waals surface area contributed by atoms with Gasteiger partial charge in [-0.15, -0.1) is 0 Å². The SMILES string of the molecule is CCc1nc(Cc2ccccc2)[nH]c(=O)c1I. The zero-order valence-corrected chi connectivity index (χ0v) is 11.7. The topological polar surface area (TPSA) is 45.8 Å². The Morgan fingerprint density at radius 3 is 2.65 bits per heavy atom. The Kier molecular flexibility index (Phi) is 3.93. The van der Waals surface area contributed by atoms with Gasteiger partial charge in [0.1, 0.15) is 5.82 Å². The summed E-state index contributed by atoms with van der Waals surface area (Å²) in [5.41, 5.74) is 1.99. The lowest BCUT2D eigenvalue weighted by Crippen LogP contribution is -2.18. The van der Waals surface area contributed by atoms with Crippen molar-refractivity contribution in [1.29, 1.82) is 0 Å². The van der Waals surface area contributed by atoms with Gasteiger partial charge in [0.25, 0.3) is 5.56 Å². The molecule has 1 aromatic heterocycles. The second-order valence-electron chi connectivity index (χ2n) is 3.79. The monoisotopic (exact) mass is 340 g/mol. The van der Waals surface area contributed by atoms with Crippen LogP contribution < -0.4 is 5.56 Å². The summed E-state index contributed by atoms with van der Waals surface area (Å²) in [5.74, 6) is 0.735. The molecule has 2 aromatic rings. The van der Waals surface area contributed by atoms with Crippen LogP contribution >= 0.6 is 22.6 Å². The third-order valence-electron chi connectivity index (χ3n) is 2.53. The molecule has 0 atom stereocenters. The Balaban J connectivity index is 2.34. The maximum absolute atomic E-state index is 11.7. The number of hydrogen-bond acceptors (Lipinski definition) is 2. The van der Waals surface area contributed by atoms with E-state index in [2.05, 4.69) is 9.97 Å². The van der Waals surface area contributed by atoms with Crippen molar-refractivity contribution in [2.75, 3.05) is 0 Å². The Hall–Kier alpha value is -1.17. The molecular weight excluding hydrogens is 327 g/mol. The van der Waals surface area contributed by atoms with E-state index in [-0.39, 0.29) is 5.56 Å². The highest BCUT2D eigenvalue weighted by molar-refractivity contribution is 14.1. The summed E-state index contributed by atoms with van der Waals surface area (Å²) in [5, 5.41) is 0. The quantitative estimate of drug-likeness (QED) is 0.873. The van der Waals surface area contributed by atoms with E-state index in [0.29, 0.717) is 9.99 Å². The Morgan fingerprint density at radius 1 is 1.29 bits per heavy atom. The fourth-order valence-electron chi connectivity index (χ4n) is 1.66. The van der Waals surface area contributed by atoms with Gasteiger partial charge in [-0.1, -0.05) is 37.3 Å². The van der Waals surface area contributed by atoms with Gasteiger partial charge in [-0.2, -0.15) is 0 Å². The van der Waals surface area contributed by atoms with Crippen molar-refractivity contribution < 1.29 is 0 Å². The number of benzene rings is 1. The lowest BCUT2D eigenvalue weighted by atomic mass is 10.1. The maximum Gasteiger partial charge on any atom is 0.264 e. The van der Waals surface area contributed by atoms with Gasteiger partial charge in [-0.05, 0) is 34.6 Å². The van der Waals surface area contributed by atoms with E-state index in [1.165, 1.54) is 0 Å². The molecule has 1 aromatic carbocycles. The van der Waals surface area contributed by atoms with Gasteiger partial charge >= 0.3 is 0 Å². The van der Waals surface area contributed by atoms with Crippen LogP contribution in [0.4, 0.5) is 0 Å². The summed E-state index contributed by atoms with van der Waals surface area (Å²) < 4.78 is 0.696. The van der Waals surface area contributed by atoms with Crippen molar-refractivity contribution in [2.24, 2.45) is 0 Å². The Bertz CT molecular complexity index is 563. The molecule has 0 fully saturated rings. The van der Waals surface area contributed by atoms with Crippen molar-refractivity contribution in [3.05, 3.63) is 61.3 Å². The third-order valence-corrected chi connectivity index (χ3v) is 3.64. The Morgan fingerprint density at radius 2 is 2.00 bits per heavy atom. The molecule has 0 aliphatic carbocycles. The molecule has 88 valence electrons. The standard InChI is InChI=1S/C13H13IN2O/c1-2-10-12(14)13(17)16-11(15-10)8-9-6-4-3-5-7-9/h3-7H,2,8H2,1H3,(H,15,16,17). The summed E-state index contributed by atoms with van der Waals surface area (Å²) in [6.07, 6.45) is 1.45. The second kappa shape index (κ2) is 5.44. The number of aromatic amines is 1. The van der Waals surface area contributed by atoms with Crippen LogP contribution in [0.2, 0.25) is 0 Å². The van der Waals surface area contributed by atoms with Crippen molar-refractivity contribution in [3.8, 4) is 0 Å². The zero-order chi connectivity index (χ0) is 12.3. The summed E-state index contributed by atoms with van der Waals surface area (Å²) in [7, 11) is 0. The highest BCUT2D eigenvalue weighted by Gasteiger charge is 2.07. The minimum atomic E-state index is -0.0385. The molecular formula is C13H13IN2O. The second-order valence-corrected chi connectivity index (χ2v) is 4.87. The van der Waals surface area contributed by atoms with Gasteiger partial charge in [0.05, 0.1) is 9.26 Å². The van der Waals surface area contributed by atoms with E-state index in [0.717, 1.165) is 23.5 Å². The van der Waals surface area contributed by atoms with E-state index in [4.69, 9.17) is 0 Å². The van der Waals surface area contributed by atoms with Gasteiger partial charge in [-0.25, -0.2) is 4.98 Å². The summed E-state index contributed by atoms with van der Waals surface area (Å²) in [4.78, 5) is 19.0. The van der Waals surface area contributed by atoms with Crippen molar-refractivity contribution in [1.82, 2.24) is 9.97 Å². The van der Waals surface area contributed by atoms with Crippen LogP contribution in [-0.2, 0) is 12.8 Å². The van der Waals surface area contributed by atoms with E-state index in [9.17, 15) is 4.79 Å². The molecule has 0 aliphatic rings. The smallest absolute Gasteiger partial charge is 0.264 e. The fourth-order valence-corrected chi connectivity index (χ4v) is 2.30. The van der Waals surface area contributed by atoms with Crippen LogP contribution in [0.3, 0.4) is 0 Å². The number of hydrogen-bond donors (Lipinski definition) is 1. The van der Waals surface area contributed by atoms with E-state index >= 15 is 0 Å². The number of nitrogens with one attached hydrogen (secondary N) is 1. The van der Waals surface area contributed by atoms with Crippen LogP contribution in [-0.4, -0.2) is 9.97 Å². The molecule has 0 radical (unpaired) electrons. The Labute approximate surface area is 113 Å². The van der Waals surface area contributed by atoms with E-state index in [1.807, 2.05) is 59.8 Å². The first-order valence-corrected chi connectivity index (χ1v) is 6.60. The largest absolute Gasteiger partial charge is 0.309 e. The number of aryl methyl sites for hydroxylation is 1. The van der Waals surface area contributed by atoms with Gasteiger partial charge in [0, 0.05) is 6.42 Å². The first-order valence-electron chi connectivity index (χ1n) is 5.52. The van der Waals surface area contributed by atoms with E-state index < -0.39 is 0 Å². The molecule has 0 aliphatic heterocycles. The molecule has 0 bridgehead atoms. The molecule has 0 unspecified atom stereocenters. The molecule has 1 heterocycles. The first-order chi connectivity index (χ1) is 8.20. The van der Waals surface area contributed by atoms with Gasteiger partial charge in [0.15, 0.2) is 0 Å². The molecule has 17 heavy (non-hydrogen) atoms. The van der Waals surface area contributed by atoms with Crippen molar-refractivity contribution in [2.45, 2.75) is 19.8 Å². The zero-order valence-electron chi connectivity index (χ0n) is 9.53. The maximum atomic E-state index is 11.7.